The molecule has 0 aliphatic rings. The highest BCUT2D eigenvalue weighted by Crippen LogP contribution is 2.00. The van der Waals surface area contributed by atoms with Crippen molar-refractivity contribution in [3.8, 4) is 0 Å². The van der Waals surface area contributed by atoms with Crippen LogP contribution in [0.4, 0.5) is 0 Å². The van der Waals surface area contributed by atoms with Gasteiger partial charge in [-0.2, -0.15) is 0 Å². The van der Waals surface area contributed by atoms with E-state index >= 15 is 0 Å². The molecule has 13 heavy (non-hydrogen) atoms. The van der Waals surface area contributed by atoms with Crippen LogP contribution in [0.2, 0.25) is 0 Å². The lowest BCUT2D eigenvalue weighted by atomic mass is 10.2. The van der Waals surface area contributed by atoms with E-state index in [1.807, 2.05) is 0 Å². The number of likely N-dealkylation sites (N-methyl/N-ethyl adjacent to an activating group) is 1. The Labute approximate surface area is 86.2 Å². The smallest absolute Gasteiger partial charge is 0.0443 e. The normalized spacial score (nSPS) is 10.8. The van der Waals surface area contributed by atoms with E-state index in [1.165, 1.54) is 0 Å². The largest absolute Gasteiger partial charge is 0.396 e. The van der Waals surface area contributed by atoms with Gasteiger partial charge in [0.25, 0.3) is 0 Å². The predicted molar refractivity (Wildman–Crippen MR) is 58.3 cm³/mol. The molecule has 78 valence electrons. The SMILES string of the molecule is C=C(CCl)CN(C)CCCCCO. The van der Waals surface area contributed by atoms with Crippen molar-refractivity contribution in [1.82, 2.24) is 4.90 Å². The molecule has 0 aromatic carbocycles. The van der Waals surface area contributed by atoms with Crippen LogP contribution in [0.3, 0.4) is 0 Å². The fraction of sp³-hybridized carbons (Fsp3) is 0.800. The van der Waals surface area contributed by atoms with Crippen LogP contribution < -0.4 is 0 Å². The molecule has 1 N–H and O–H groups in total. The summed E-state index contributed by atoms with van der Waals surface area (Å²) in [4.78, 5) is 2.21. The van der Waals surface area contributed by atoms with E-state index < -0.39 is 0 Å². The van der Waals surface area contributed by atoms with Gasteiger partial charge in [-0.25, -0.2) is 0 Å². The summed E-state index contributed by atoms with van der Waals surface area (Å²) in [6.45, 7) is 6.08. The van der Waals surface area contributed by atoms with E-state index in [4.69, 9.17) is 16.7 Å². The summed E-state index contributed by atoms with van der Waals surface area (Å²) in [6.07, 6.45) is 3.13. The van der Waals surface area contributed by atoms with Gasteiger partial charge in [-0.05, 0) is 38.4 Å². The summed E-state index contributed by atoms with van der Waals surface area (Å²) in [5.74, 6) is 0.543. The number of aliphatic hydroxyl groups is 1. The molecule has 0 bridgehead atoms. The van der Waals surface area contributed by atoms with Crippen LogP contribution in [0.1, 0.15) is 19.3 Å². The Morgan fingerprint density at radius 1 is 1.38 bits per heavy atom. The van der Waals surface area contributed by atoms with Crippen molar-refractivity contribution in [3.63, 3.8) is 0 Å². The van der Waals surface area contributed by atoms with E-state index in [9.17, 15) is 0 Å². The van der Waals surface area contributed by atoms with Crippen molar-refractivity contribution in [1.29, 1.82) is 0 Å². The highest BCUT2D eigenvalue weighted by molar-refractivity contribution is 6.19. The molecule has 0 saturated heterocycles. The fourth-order valence-corrected chi connectivity index (χ4v) is 1.26. The van der Waals surface area contributed by atoms with E-state index in [1.54, 1.807) is 0 Å². The van der Waals surface area contributed by atoms with Crippen molar-refractivity contribution in [3.05, 3.63) is 12.2 Å². The van der Waals surface area contributed by atoms with Gasteiger partial charge < -0.3 is 10.0 Å². The summed E-state index contributed by atoms with van der Waals surface area (Å²) >= 11 is 5.62. The van der Waals surface area contributed by atoms with E-state index in [0.717, 1.165) is 37.9 Å². The highest BCUT2D eigenvalue weighted by Gasteiger charge is 1.99. The molecule has 0 atom stereocenters. The molecule has 0 aliphatic heterocycles. The molecule has 0 fully saturated rings. The number of rotatable bonds is 8. The second kappa shape index (κ2) is 8.54. The maximum Gasteiger partial charge on any atom is 0.0443 e. The zero-order valence-corrected chi connectivity index (χ0v) is 9.19. The first-order chi connectivity index (χ1) is 6.20. The molecule has 0 aliphatic carbocycles. The lowest BCUT2D eigenvalue weighted by Crippen LogP contribution is -2.22. The second-order valence-corrected chi connectivity index (χ2v) is 3.67. The lowest BCUT2D eigenvalue weighted by molar-refractivity contribution is 0.276. The van der Waals surface area contributed by atoms with Crippen LogP contribution in [-0.4, -0.2) is 42.6 Å². The topological polar surface area (TPSA) is 23.5 Å². The van der Waals surface area contributed by atoms with Gasteiger partial charge >= 0.3 is 0 Å². The van der Waals surface area contributed by atoms with Crippen LogP contribution in [0.5, 0.6) is 0 Å². The first-order valence-corrected chi connectivity index (χ1v) is 5.26. The molecule has 3 heteroatoms. The van der Waals surface area contributed by atoms with Crippen molar-refractivity contribution in [2.45, 2.75) is 19.3 Å². The van der Waals surface area contributed by atoms with Crippen LogP contribution in [0.15, 0.2) is 12.2 Å². The highest BCUT2D eigenvalue weighted by atomic mass is 35.5. The van der Waals surface area contributed by atoms with Crippen molar-refractivity contribution >= 4 is 11.6 Å². The van der Waals surface area contributed by atoms with Crippen molar-refractivity contribution < 1.29 is 5.11 Å². The van der Waals surface area contributed by atoms with Gasteiger partial charge in [0, 0.05) is 19.0 Å². The van der Waals surface area contributed by atoms with E-state index in [0.29, 0.717) is 12.5 Å². The number of nitrogens with zero attached hydrogens (tertiary/aromatic N) is 1. The standard InChI is InChI=1S/C10H20ClNO/c1-10(8-11)9-12(2)6-4-3-5-7-13/h13H,1,3-9H2,2H3. The molecule has 0 aromatic rings. The van der Waals surface area contributed by atoms with E-state index in [-0.39, 0.29) is 0 Å². The quantitative estimate of drug-likeness (QED) is 0.372. The maximum atomic E-state index is 8.57. The third-order valence-corrected chi connectivity index (χ3v) is 2.26. The van der Waals surface area contributed by atoms with Crippen molar-refractivity contribution in [2.75, 3.05) is 32.6 Å². The Morgan fingerprint density at radius 3 is 2.62 bits per heavy atom. The van der Waals surface area contributed by atoms with Gasteiger partial charge in [-0.1, -0.05) is 6.58 Å². The third-order valence-electron chi connectivity index (χ3n) is 1.88. The number of halogens is 1. The van der Waals surface area contributed by atoms with Gasteiger partial charge in [0.1, 0.15) is 0 Å². The average Bonchev–Trinajstić information content (AvgIpc) is 2.12. The monoisotopic (exact) mass is 205 g/mol. The van der Waals surface area contributed by atoms with Gasteiger partial charge in [0.05, 0.1) is 0 Å². The molecular weight excluding hydrogens is 186 g/mol. The number of alkyl halides is 1. The summed E-state index contributed by atoms with van der Waals surface area (Å²) in [7, 11) is 2.07. The Hall–Kier alpha value is -0.0500. The van der Waals surface area contributed by atoms with Crippen LogP contribution in [0, 0.1) is 0 Å². The molecule has 0 spiro atoms. The third kappa shape index (κ3) is 8.28. The summed E-state index contributed by atoms with van der Waals surface area (Å²) in [5.41, 5.74) is 1.06. The Bertz CT molecular complexity index is 139. The first kappa shape index (κ1) is 12.9. The minimum atomic E-state index is 0.304. The van der Waals surface area contributed by atoms with Gasteiger partial charge in [-0.3, -0.25) is 0 Å². The zero-order chi connectivity index (χ0) is 10.1. The molecule has 0 radical (unpaired) electrons. The van der Waals surface area contributed by atoms with Gasteiger partial charge in [0.15, 0.2) is 0 Å². The Balaban J connectivity index is 3.29. The molecule has 0 heterocycles. The zero-order valence-electron chi connectivity index (χ0n) is 8.43. The molecule has 0 saturated carbocycles. The number of unbranched alkanes of at least 4 members (excludes halogenated alkanes) is 2. The van der Waals surface area contributed by atoms with Gasteiger partial charge in [-0.15, -0.1) is 11.6 Å². The van der Waals surface area contributed by atoms with Crippen molar-refractivity contribution in [2.24, 2.45) is 0 Å². The molecular formula is C10H20ClNO. The van der Waals surface area contributed by atoms with Gasteiger partial charge in [0.2, 0.25) is 0 Å². The summed E-state index contributed by atoms with van der Waals surface area (Å²) in [5, 5.41) is 8.57. The molecule has 0 amide bonds. The molecule has 0 aromatic heterocycles. The minimum Gasteiger partial charge on any atom is -0.396 e. The van der Waals surface area contributed by atoms with E-state index in [2.05, 4.69) is 18.5 Å². The first-order valence-electron chi connectivity index (χ1n) is 4.72. The minimum absolute atomic E-state index is 0.304. The Morgan fingerprint density at radius 2 is 2.08 bits per heavy atom. The predicted octanol–water partition coefficient (Wildman–Crippen LogP) is 1.88. The van der Waals surface area contributed by atoms with Crippen LogP contribution >= 0.6 is 11.6 Å². The summed E-state index contributed by atoms with van der Waals surface area (Å²) in [6, 6.07) is 0. The average molecular weight is 206 g/mol. The lowest BCUT2D eigenvalue weighted by Gasteiger charge is -2.16. The molecule has 0 rings (SSSR count). The second-order valence-electron chi connectivity index (χ2n) is 3.41. The molecule has 0 unspecified atom stereocenters. The fourth-order valence-electron chi connectivity index (χ4n) is 1.17. The van der Waals surface area contributed by atoms with Crippen LogP contribution in [0.25, 0.3) is 0 Å². The maximum absolute atomic E-state index is 8.57. The van der Waals surface area contributed by atoms with Crippen LogP contribution in [-0.2, 0) is 0 Å². The Kier molecular flexibility index (Phi) is 8.51. The molecule has 2 nitrogen and oxygen atoms in total. The summed E-state index contributed by atoms with van der Waals surface area (Å²) < 4.78 is 0. The number of aliphatic hydroxyl groups excluding tert-OH is 1. The number of hydrogen-bond donors (Lipinski definition) is 1. The number of hydrogen-bond acceptors (Lipinski definition) is 2.